The fourth-order valence-corrected chi connectivity index (χ4v) is 3.90. The van der Waals surface area contributed by atoms with E-state index in [0.717, 1.165) is 25.1 Å². The maximum atomic E-state index is 12.5. The van der Waals surface area contributed by atoms with Gasteiger partial charge in [-0.15, -0.1) is 11.3 Å². The Hall–Kier alpha value is -1.81. The van der Waals surface area contributed by atoms with Gasteiger partial charge in [0.25, 0.3) is 0 Å². The van der Waals surface area contributed by atoms with Crippen molar-refractivity contribution in [2.45, 2.75) is 25.8 Å². The topological polar surface area (TPSA) is 32.3 Å². The summed E-state index contributed by atoms with van der Waals surface area (Å²) in [7, 11) is 0. The number of carbonyl (C=O) groups excluding carboxylic acids is 1. The van der Waals surface area contributed by atoms with Crippen molar-refractivity contribution in [1.82, 2.24) is 4.90 Å². The molecule has 1 aliphatic rings. The highest BCUT2D eigenvalue weighted by Gasteiger charge is 2.29. The summed E-state index contributed by atoms with van der Waals surface area (Å²) in [6.07, 6.45) is 1.96. The predicted octanol–water partition coefficient (Wildman–Crippen LogP) is 3.70. The van der Waals surface area contributed by atoms with Gasteiger partial charge in [0.05, 0.1) is 12.6 Å². The molecule has 0 saturated heterocycles. The van der Waals surface area contributed by atoms with Gasteiger partial charge in [0.15, 0.2) is 0 Å². The van der Waals surface area contributed by atoms with E-state index in [1.165, 1.54) is 10.4 Å². The van der Waals surface area contributed by atoms with Crippen LogP contribution in [0.5, 0.6) is 0 Å². The Morgan fingerprint density at radius 1 is 1.33 bits per heavy atom. The summed E-state index contributed by atoms with van der Waals surface area (Å²) >= 11 is 1.81. The van der Waals surface area contributed by atoms with Crippen molar-refractivity contribution in [1.29, 1.82) is 0 Å². The SMILES string of the molecule is CCC1c2ccsc2CCN1C(=O)CNc1ccccc1. The third-order valence-electron chi connectivity index (χ3n) is 4.02. The molecule has 1 aliphatic heterocycles. The normalized spacial score (nSPS) is 17.4. The molecule has 1 aromatic heterocycles. The van der Waals surface area contributed by atoms with Crippen LogP contribution < -0.4 is 5.32 Å². The summed E-state index contributed by atoms with van der Waals surface area (Å²) in [6.45, 7) is 3.35. The molecule has 1 atom stereocenters. The zero-order valence-electron chi connectivity index (χ0n) is 12.2. The molecule has 110 valence electrons. The lowest BCUT2D eigenvalue weighted by Crippen LogP contribution is -2.42. The monoisotopic (exact) mass is 300 g/mol. The number of para-hydroxylation sites is 1. The average molecular weight is 300 g/mol. The minimum absolute atomic E-state index is 0.183. The first-order valence-corrected chi connectivity index (χ1v) is 8.32. The molecule has 0 aliphatic carbocycles. The van der Waals surface area contributed by atoms with Crippen LogP contribution in [0, 0.1) is 0 Å². The second-order valence-electron chi connectivity index (χ2n) is 5.28. The van der Waals surface area contributed by atoms with Gasteiger partial charge in [0.2, 0.25) is 5.91 Å². The van der Waals surface area contributed by atoms with Crippen LogP contribution in [0.2, 0.25) is 0 Å². The second-order valence-corrected chi connectivity index (χ2v) is 6.28. The molecule has 0 spiro atoms. The molecule has 0 saturated carbocycles. The van der Waals surface area contributed by atoms with Crippen LogP contribution >= 0.6 is 11.3 Å². The highest BCUT2D eigenvalue weighted by atomic mass is 32.1. The first-order valence-electron chi connectivity index (χ1n) is 7.44. The van der Waals surface area contributed by atoms with E-state index in [2.05, 4.69) is 23.7 Å². The van der Waals surface area contributed by atoms with Gasteiger partial charge < -0.3 is 10.2 Å². The van der Waals surface area contributed by atoms with Crippen molar-refractivity contribution >= 4 is 22.9 Å². The predicted molar refractivity (Wildman–Crippen MR) is 87.7 cm³/mol. The van der Waals surface area contributed by atoms with Gasteiger partial charge in [-0.2, -0.15) is 0 Å². The number of amides is 1. The number of nitrogens with one attached hydrogen (secondary N) is 1. The number of nitrogens with zero attached hydrogens (tertiary/aromatic N) is 1. The first kappa shape index (κ1) is 14.1. The van der Waals surface area contributed by atoms with Crippen LogP contribution in [0.3, 0.4) is 0 Å². The molecular formula is C17H20N2OS. The van der Waals surface area contributed by atoms with Crippen molar-refractivity contribution in [3.05, 3.63) is 52.2 Å². The summed E-state index contributed by atoms with van der Waals surface area (Å²) in [6, 6.07) is 12.3. The number of fused-ring (bicyclic) bond motifs is 1. The maximum absolute atomic E-state index is 12.5. The molecular weight excluding hydrogens is 280 g/mol. The highest BCUT2D eigenvalue weighted by molar-refractivity contribution is 7.10. The lowest BCUT2D eigenvalue weighted by atomic mass is 9.98. The Bertz CT molecular complexity index is 608. The van der Waals surface area contributed by atoms with Crippen molar-refractivity contribution in [3.63, 3.8) is 0 Å². The molecule has 1 N–H and O–H groups in total. The third kappa shape index (κ3) is 2.95. The standard InChI is InChI=1S/C17H20N2OS/c1-2-15-14-9-11-21-16(14)8-10-19(15)17(20)12-18-13-6-4-3-5-7-13/h3-7,9,11,15,18H,2,8,10,12H2,1H3. The van der Waals surface area contributed by atoms with Crippen molar-refractivity contribution in [2.75, 3.05) is 18.4 Å². The lowest BCUT2D eigenvalue weighted by molar-refractivity contribution is -0.132. The first-order chi connectivity index (χ1) is 10.3. The Labute approximate surface area is 129 Å². The van der Waals surface area contributed by atoms with Crippen LogP contribution in [0.4, 0.5) is 5.69 Å². The van der Waals surface area contributed by atoms with E-state index in [0.29, 0.717) is 6.54 Å². The molecule has 1 unspecified atom stereocenters. The minimum Gasteiger partial charge on any atom is -0.376 e. The van der Waals surface area contributed by atoms with Gasteiger partial charge in [0.1, 0.15) is 0 Å². The second kappa shape index (κ2) is 6.31. The van der Waals surface area contributed by atoms with Crippen molar-refractivity contribution in [3.8, 4) is 0 Å². The number of rotatable bonds is 4. The van der Waals surface area contributed by atoms with Gasteiger partial charge in [-0.25, -0.2) is 0 Å². The Morgan fingerprint density at radius 2 is 2.14 bits per heavy atom. The summed E-state index contributed by atoms with van der Waals surface area (Å²) in [5.41, 5.74) is 2.34. The number of carbonyl (C=O) groups is 1. The van der Waals surface area contributed by atoms with Crippen molar-refractivity contribution in [2.24, 2.45) is 0 Å². The fraction of sp³-hybridized carbons (Fsp3) is 0.353. The Kier molecular flexibility index (Phi) is 4.25. The van der Waals surface area contributed by atoms with Crippen LogP contribution in [0.1, 0.15) is 29.8 Å². The van der Waals surface area contributed by atoms with E-state index in [1.54, 1.807) is 0 Å². The van der Waals surface area contributed by atoms with Gasteiger partial charge in [-0.3, -0.25) is 4.79 Å². The van der Waals surface area contributed by atoms with Crippen LogP contribution in [-0.4, -0.2) is 23.9 Å². The van der Waals surface area contributed by atoms with E-state index >= 15 is 0 Å². The number of hydrogen-bond acceptors (Lipinski definition) is 3. The van der Waals surface area contributed by atoms with Crippen LogP contribution in [-0.2, 0) is 11.2 Å². The average Bonchev–Trinajstić information content (AvgIpc) is 3.01. The van der Waals surface area contributed by atoms with Crippen LogP contribution in [0.25, 0.3) is 0 Å². The summed E-state index contributed by atoms with van der Waals surface area (Å²) in [5.74, 6) is 0.183. The molecule has 0 radical (unpaired) electrons. The van der Waals surface area contributed by atoms with E-state index in [1.807, 2.05) is 46.6 Å². The number of thiophene rings is 1. The van der Waals surface area contributed by atoms with Gasteiger partial charge in [-0.05, 0) is 42.0 Å². The van der Waals surface area contributed by atoms with E-state index in [-0.39, 0.29) is 11.9 Å². The fourth-order valence-electron chi connectivity index (χ4n) is 2.97. The molecule has 1 aromatic carbocycles. The lowest BCUT2D eigenvalue weighted by Gasteiger charge is -2.35. The molecule has 0 bridgehead atoms. The van der Waals surface area contributed by atoms with E-state index in [9.17, 15) is 4.79 Å². The zero-order valence-corrected chi connectivity index (χ0v) is 13.0. The third-order valence-corrected chi connectivity index (χ3v) is 5.02. The smallest absolute Gasteiger partial charge is 0.242 e. The van der Waals surface area contributed by atoms with Gasteiger partial charge in [-0.1, -0.05) is 25.1 Å². The number of anilines is 1. The van der Waals surface area contributed by atoms with E-state index < -0.39 is 0 Å². The largest absolute Gasteiger partial charge is 0.376 e. The molecule has 3 rings (SSSR count). The minimum atomic E-state index is 0.183. The molecule has 4 heteroatoms. The van der Waals surface area contributed by atoms with Gasteiger partial charge in [0, 0.05) is 17.1 Å². The van der Waals surface area contributed by atoms with Crippen molar-refractivity contribution < 1.29 is 4.79 Å². The Balaban J connectivity index is 1.67. The molecule has 2 aromatic rings. The Morgan fingerprint density at radius 3 is 2.90 bits per heavy atom. The van der Waals surface area contributed by atoms with Crippen LogP contribution in [0.15, 0.2) is 41.8 Å². The highest BCUT2D eigenvalue weighted by Crippen LogP contribution is 2.35. The molecule has 1 amide bonds. The molecule has 21 heavy (non-hydrogen) atoms. The summed E-state index contributed by atoms with van der Waals surface area (Å²) in [4.78, 5) is 16.0. The maximum Gasteiger partial charge on any atom is 0.242 e. The quantitative estimate of drug-likeness (QED) is 0.934. The molecule has 3 nitrogen and oxygen atoms in total. The summed E-state index contributed by atoms with van der Waals surface area (Å²) in [5, 5.41) is 5.36. The number of hydrogen-bond donors (Lipinski definition) is 1. The van der Waals surface area contributed by atoms with E-state index in [4.69, 9.17) is 0 Å². The summed E-state index contributed by atoms with van der Waals surface area (Å²) < 4.78 is 0. The zero-order chi connectivity index (χ0) is 14.7. The molecule has 2 heterocycles. The molecule has 0 fully saturated rings. The van der Waals surface area contributed by atoms with Gasteiger partial charge >= 0.3 is 0 Å². The number of benzene rings is 1.